The molecule has 0 fully saturated rings. The van der Waals surface area contributed by atoms with Crippen LogP contribution >= 0.6 is 0 Å². The molecule has 0 aromatic carbocycles. The lowest BCUT2D eigenvalue weighted by Gasteiger charge is -2.03. The van der Waals surface area contributed by atoms with Crippen LogP contribution in [0.5, 0.6) is 0 Å². The van der Waals surface area contributed by atoms with Crippen LogP contribution in [-0.4, -0.2) is 5.71 Å². The predicted molar refractivity (Wildman–Crippen MR) is 39.8 cm³/mol. The van der Waals surface area contributed by atoms with Gasteiger partial charge in [0.05, 0.1) is 5.71 Å². The largest absolute Gasteiger partial charge is 0.300 e. The number of nitrogens with one attached hydrogen (secondary N) is 1. The van der Waals surface area contributed by atoms with Gasteiger partial charge in [-0.3, -0.25) is 0 Å². The normalized spacial score (nSPS) is 18.1. The maximum atomic E-state index is 7.25. The maximum absolute atomic E-state index is 7.25. The fourth-order valence-electron chi connectivity index (χ4n) is 0.723. The van der Waals surface area contributed by atoms with E-state index in [4.69, 9.17) is 5.41 Å². The maximum Gasteiger partial charge on any atom is 0.0606 e. The third kappa shape index (κ3) is 1.17. The lowest BCUT2D eigenvalue weighted by molar-refractivity contribution is 1.44. The fraction of sp³-hybridized carbons (Fsp3) is 0.125. The molecular formula is C8H9N. The van der Waals surface area contributed by atoms with Crippen molar-refractivity contribution in [2.45, 2.75) is 6.92 Å². The molecule has 1 rings (SSSR count). The van der Waals surface area contributed by atoms with Gasteiger partial charge in [0.15, 0.2) is 0 Å². The molecular weight excluding hydrogens is 110 g/mol. The van der Waals surface area contributed by atoms with Gasteiger partial charge in [-0.2, -0.15) is 0 Å². The van der Waals surface area contributed by atoms with Crippen LogP contribution in [0, 0.1) is 5.41 Å². The zero-order valence-corrected chi connectivity index (χ0v) is 5.44. The Hall–Kier alpha value is -1.11. The molecule has 0 unspecified atom stereocenters. The molecule has 0 aliphatic heterocycles. The molecule has 0 heterocycles. The first-order valence-corrected chi connectivity index (χ1v) is 2.84. The molecule has 0 saturated heterocycles. The molecule has 1 aliphatic rings. The van der Waals surface area contributed by atoms with Crippen LogP contribution in [0.4, 0.5) is 0 Å². The summed E-state index contributed by atoms with van der Waals surface area (Å²) in [5.74, 6) is 0. The Bertz CT molecular complexity index is 219. The van der Waals surface area contributed by atoms with Crippen molar-refractivity contribution in [2.75, 3.05) is 0 Å². The van der Waals surface area contributed by atoms with Gasteiger partial charge in [-0.15, -0.1) is 0 Å². The highest BCUT2D eigenvalue weighted by molar-refractivity contribution is 6.09. The average molecular weight is 119 g/mol. The van der Waals surface area contributed by atoms with Crippen LogP contribution in [0.2, 0.25) is 0 Å². The van der Waals surface area contributed by atoms with Crippen molar-refractivity contribution in [1.29, 1.82) is 5.41 Å². The summed E-state index contributed by atoms with van der Waals surface area (Å²) in [4.78, 5) is 0. The molecule has 1 N–H and O–H groups in total. The first kappa shape index (κ1) is 6.02. The standard InChI is InChI=1S/C8H9N/c1-6-3-4-8(9)7(2)5-6/h3-5,9H,2H2,1H3. The van der Waals surface area contributed by atoms with E-state index in [9.17, 15) is 0 Å². The minimum absolute atomic E-state index is 0.514. The van der Waals surface area contributed by atoms with Gasteiger partial charge in [0.2, 0.25) is 0 Å². The summed E-state index contributed by atoms with van der Waals surface area (Å²) in [6.45, 7) is 5.69. The van der Waals surface area contributed by atoms with E-state index in [-0.39, 0.29) is 0 Å². The van der Waals surface area contributed by atoms with Gasteiger partial charge in [-0.25, -0.2) is 0 Å². The first-order chi connectivity index (χ1) is 4.20. The monoisotopic (exact) mass is 119 g/mol. The van der Waals surface area contributed by atoms with Crippen molar-refractivity contribution in [3.8, 4) is 0 Å². The van der Waals surface area contributed by atoms with Gasteiger partial charge in [0.1, 0.15) is 0 Å². The zero-order chi connectivity index (χ0) is 6.85. The van der Waals surface area contributed by atoms with E-state index in [2.05, 4.69) is 6.58 Å². The molecule has 46 valence electrons. The molecule has 1 aliphatic carbocycles. The molecule has 0 aromatic rings. The highest BCUT2D eigenvalue weighted by Gasteiger charge is 1.99. The lowest BCUT2D eigenvalue weighted by Crippen LogP contribution is -1.97. The summed E-state index contributed by atoms with van der Waals surface area (Å²) in [5.41, 5.74) is 2.48. The van der Waals surface area contributed by atoms with Crippen molar-refractivity contribution in [2.24, 2.45) is 0 Å². The Morgan fingerprint density at radius 3 is 2.56 bits per heavy atom. The highest BCUT2D eigenvalue weighted by atomic mass is 14.4. The summed E-state index contributed by atoms with van der Waals surface area (Å²) in [6, 6.07) is 0. The van der Waals surface area contributed by atoms with E-state index in [1.165, 1.54) is 0 Å². The summed E-state index contributed by atoms with van der Waals surface area (Å²) in [7, 11) is 0. The van der Waals surface area contributed by atoms with E-state index in [0.717, 1.165) is 11.1 Å². The molecule has 9 heavy (non-hydrogen) atoms. The summed E-state index contributed by atoms with van der Waals surface area (Å²) < 4.78 is 0. The number of hydrogen-bond acceptors (Lipinski definition) is 1. The van der Waals surface area contributed by atoms with Crippen molar-refractivity contribution in [3.63, 3.8) is 0 Å². The molecule has 0 atom stereocenters. The second kappa shape index (κ2) is 2.02. The zero-order valence-electron chi connectivity index (χ0n) is 5.44. The molecule has 1 heteroatoms. The Morgan fingerprint density at radius 1 is 1.44 bits per heavy atom. The number of rotatable bonds is 0. The van der Waals surface area contributed by atoms with Gasteiger partial charge in [0.25, 0.3) is 0 Å². The average Bonchev–Trinajstić information content (AvgIpc) is 1.80. The first-order valence-electron chi connectivity index (χ1n) is 2.84. The molecule has 0 aromatic heterocycles. The Labute approximate surface area is 54.9 Å². The second-order valence-corrected chi connectivity index (χ2v) is 2.16. The van der Waals surface area contributed by atoms with Crippen molar-refractivity contribution >= 4 is 5.71 Å². The van der Waals surface area contributed by atoms with E-state index in [1.807, 2.05) is 19.1 Å². The number of allylic oxidation sites excluding steroid dienone is 5. The third-order valence-electron chi connectivity index (χ3n) is 1.26. The van der Waals surface area contributed by atoms with Crippen molar-refractivity contribution < 1.29 is 0 Å². The Balaban J connectivity index is 2.95. The topological polar surface area (TPSA) is 23.9 Å². The van der Waals surface area contributed by atoms with Gasteiger partial charge in [-0.1, -0.05) is 24.3 Å². The van der Waals surface area contributed by atoms with Crippen molar-refractivity contribution in [3.05, 3.63) is 36.0 Å². The van der Waals surface area contributed by atoms with Gasteiger partial charge in [0, 0.05) is 0 Å². The molecule has 0 bridgehead atoms. The van der Waals surface area contributed by atoms with E-state index < -0.39 is 0 Å². The summed E-state index contributed by atoms with van der Waals surface area (Å²) >= 11 is 0. The minimum Gasteiger partial charge on any atom is -0.300 e. The molecule has 0 spiro atoms. The molecule has 0 saturated carbocycles. The van der Waals surface area contributed by atoms with E-state index in [1.54, 1.807) is 6.08 Å². The minimum atomic E-state index is 0.514. The van der Waals surface area contributed by atoms with Gasteiger partial charge in [-0.05, 0) is 18.6 Å². The summed E-state index contributed by atoms with van der Waals surface area (Å²) in [6.07, 6.45) is 5.58. The molecule has 0 amide bonds. The van der Waals surface area contributed by atoms with Crippen LogP contribution in [0.25, 0.3) is 0 Å². The predicted octanol–water partition coefficient (Wildman–Crippen LogP) is 2.08. The van der Waals surface area contributed by atoms with Crippen LogP contribution in [-0.2, 0) is 0 Å². The second-order valence-electron chi connectivity index (χ2n) is 2.16. The quantitative estimate of drug-likeness (QED) is 0.504. The Morgan fingerprint density at radius 2 is 2.11 bits per heavy atom. The SMILES string of the molecule is C=C1C=C(C)C=CC1=N. The third-order valence-corrected chi connectivity index (χ3v) is 1.26. The molecule has 0 radical (unpaired) electrons. The van der Waals surface area contributed by atoms with Gasteiger partial charge < -0.3 is 5.41 Å². The van der Waals surface area contributed by atoms with Crippen LogP contribution in [0.3, 0.4) is 0 Å². The van der Waals surface area contributed by atoms with E-state index in [0.29, 0.717) is 5.71 Å². The Kier molecular flexibility index (Phi) is 1.35. The smallest absolute Gasteiger partial charge is 0.0606 e. The highest BCUT2D eigenvalue weighted by Crippen LogP contribution is 2.09. The summed E-state index contributed by atoms with van der Waals surface area (Å²) in [5, 5.41) is 7.25. The van der Waals surface area contributed by atoms with Crippen LogP contribution in [0.15, 0.2) is 36.0 Å². The fourth-order valence-corrected chi connectivity index (χ4v) is 0.723. The van der Waals surface area contributed by atoms with Crippen LogP contribution in [0.1, 0.15) is 6.92 Å². The number of hydrogen-bond donors (Lipinski definition) is 1. The van der Waals surface area contributed by atoms with Gasteiger partial charge >= 0.3 is 0 Å². The van der Waals surface area contributed by atoms with Crippen molar-refractivity contribution in [1.82, 2.24) is 0 Å². The van der Waals surface area contributed by atoms with Crippen LogP contribution < -0.4 is 0 Å². The van der Waals surface area contributed by atoms with E-state index >= 15 is 0 Å². The molecule has 1 nitrogen and oxygen atoms in total. The lowest BCUT2D eigenvalue weighted by atomic mass is 10.0.